The first-order chi connectivity index (χ1) is 8.41. The lowest BCUT2D eigenvalue weighted by Gasteiger charge is -2.03. The van der Waals surface area contributed by atoms with Crippen LogP contribution in [0.15, 0.2) is 0 Å². The van der Waals surface area contributed by atoms with Crippen LogP contribution in [0.4, 0.5) is 0 Å². The van der Waals surface area contributed by atoms with Crippen LogP contribution in [-0.4, -0.2) is 19.8 Å². The molecule has 104 valence electrons. The number of hydrogen-bond acceptors (Lipinski definition) is 2. The highest BCUT2D eigenvalue weighted by Crippen LogP contribution is 2.10. The third-order valence-electron chi connectivity index (χ3n) is 3.09. The molecule has 0 aromatic rings. The minimum absolute atomic E-state index is 0.861. The third-order valence-corrected chi connectivity index (χ3v) is 3.09. The molecule has 0 saturated carbocycles. The van der Waals surface area contributed by atoms with E-state index in [4.69, 9.17) is 10.5 Å². The van der Waals surface area contributed by atoms with Crippen LogP contribution in [0, 0.1) is 0 Å². The zero-order chi connectivity index (χ0) is 12.6. The first-order valence-corrected chi connectivity index (χ1v) is 7.69. The number of nitrogens with two attached hydrogens (primary N) is 1. The fraction of sp³-hybridized carbons (Fsp3) is 1.00. The van der Waals surface area contributed by atoms with Crippen molar-refractivity contribution < 1.29 is 4.74 Å². The topological polar surface area (TPSA) is 35.2 Å². The summed E-state index contributed by atoms with van der Waals surface area (Å²) < 4.78 is 5.46. The summed E-state index contributed by atoms with van der Waals surface area (Å²) in [7, 11) is 0. The Morgan fingerprint density at radius 3 is 1.59 bits per heavy atom. The van der Waals surface area contributed by atoms with Gasteiger partial charge in [0.2, 0.25) is 0 Å². The standard InChI is InChI=1S/C15H33NO/c1-2-14-17-15-12-10-8-6-4-3-5-7-9-11-13-16/h2-16H2,1H3. The smallest absolute Gasteiger partial charge is 0.0466 e. The van der Waals surface area contributed by atoms with Crippen molar-refractivity contribution >= 4 is 0 Å². The van der Waals surface area contributed by atoms with Crippen molar-refractivity contribution in [2.24, 2.45) is 5.73 Å². The van der Waals surface area contributed by atoms with Crippen molar-refractivity contribution in [3.63, 3.8) is 0 Å². The van der Waals surface area contributed by atoms with Gasteiger partial charge in [-0.2, -0.15) is 0 Å². The van der Waals surface area contributed by atoms with Gasteiger partial charge in [0.05, 0.1) is 0 Å². The largest absolute Gasteiger partial charge is 0.381 e. The van der Waals surface area contributed by atoms with Gasteiger partial charge in [0.15, 0.2) is 0 Å². The minimum atomic E-state index is 0.861. The maximum absolute atomic E-state index is 5.46. The normalized spacial score (nSPS) is 10.9. The fourth-order valence-corrected chi connectivity index (χ4v) is 2.01. The molecule has 0 aliphatic carbocycles. The third kappa shape index (κ3) is 15.9. The molecule has 2 N–H and O–H groups in total. The van der Waals surface area contributed by atoms with Crippen LogP contribution >= 0.6 is 0 Å². The van der Waals surface area contributed by atoms with Gasteiger partial charge in [-0.3, -0.25) is 0 Å². The van der Waals surface area contributed by atoms with E-state index < -0.39 is 0 Å². The monoisotopic (exact) mass is 243 g/mol. The molecule has 2 heteroatoms. The number of hydrogen-bond donors (Lipinski definition) is 1. The molecule has 0 spiro atoms. The van der Waals surface area contributed by atoms with Gasteiger partial charge in [0.1, 0.15) is 0 Å². The van der Waals surface area contributed by atoms with Gasteiger partial charge in [0.25, 0.3) is 0 Å². The molecular formula is C15H33NO. The number of rotatable bonds is 14. The summed E-state index contributed by atoms with van der Waals surface area (Å²) >= 11 is 0. The van der Waals surface area contributed by atoms with Crippen LogP contribution in [0.5, 0.6) is 0 Å². The van der Waals surface area contributed by atoms with Crippen LogP contribution in [0.2, 0.25) is 0 Å². The van der Waals surface area contributed by atoms with Crippen LogP contribution in [0.3, 0.4) is 0 Å². The summed E-state index contributed by atoms with van der Waals surface area (Å²) in [5.74, 6) is 0. The van der Waals surface area contributed by atoms with Crippen LogP contribution < -0.4 is 5.73 Å². The molecule has 0 radical (unpaired) electrons. The Balaban J connectivity index is 2.85. The average molecular weight is 243 g/mol. The molecule has 0 amide bonds. The first-order valence-electron chi connectivity index (χ1n) is 7.69. The van der Waals surface area contributed by atoms with Gasteiger partial charge >= 0.3 is 0 Å². The first kappa shape index (κ1) is 16.9. The lowest BCUT2D eigenvalue weighted by molar-refractivity contribution is 0.130. The Kier molecular flexibility index (Phi) is 15.8. The van der Waals surface area contributed by atoms with Gasteiger partial charge in [-0.15, -0.1) is 0 Å². The number of ether oxygens (including phenoxy) is 1. The van der Waals surface area contributed by atoms with E-state index in [1.165, 1.54) is 64.2 Å². The van der Waals surface area contributed by atoms with Crippen LogP contribution in [0.1, 0.15) is 77.6 Å². The molecule has 0 fully saturated rings. The Morgan fingerprint density at radius 2 is 1.12 bits per heavy atom. The zero-order valence-electron chi connectivity index (χ0n) is 11.9. The molecule has 0 aromatic carbocycles. The van der Waals surface area contributed by atoms with Crippen molar-refractivity contribution in [2.75, 3.05) is 19.8 Å². The van der Waals surface area contributed by atoms with Gasteiger partial charge in [-0.1, -0.05) is 58.3 Å². The van der Waals surface area contributed by atoms with Gasteiger partial charge in [-0.05, 0) is 25.8 Å². The van der Waals surface area contributed by atoms with E-state index >= 15 is 0 Å². The maximum Gasteiger partial charge on any atom is 0.0466 e. The van der Waals surface area contributed by atoms with E-state index in [1.807, 2.05) is 0 Å². The molecule has 0 unspecified atom stereocenters. The van der Waals surface area contributed by atoms with Gasteiger partial charge in [-0.25, -0.2) is 0 Å². The lowest BCUT2D eigenvalue weighted by Crippen LogP contribution is -1.97. The Bertz CT molecular complexity index is 114. The maximum atomic E-state index is 5.46. The highest BCUT2D eigenvalue weighted by molar-refractivity contribution is 4.48. The second kappa shape index (κ2) is 15.9. The second-order valence-electron chi connectivity index (χ2n) is 4.94. The van der Waals surface area contributed by atoms with Crippen LogP contribution in [0.25, 0.3) is 0 Å². The summed E-state index contributed by atoms with van der Waals surface area (Å²) in [4.78, 5) is 0. The molecule has 0 bridgehead atoms. The van der Waals surface area contributed by atoms with Crippen LogP contribution in [-0.2, 0) is 4.74 Å². The second-order valence-corrected chi connectivity index (χ2v) is 4.94. The Labute approximate surface area is 108 Å². The molecule has 0 saturated heterocycles. The molecule has 0 atom stereocenters. The zero-order valence-corrected chi connectivity index (χ0v) is 11.9. The van der Waals surface area contributed by atoms with E-state index in [2.05, 4.69) is 6.92 Å². The Hall–Kier alpha value is -0.0800. The fourth-order valence-electron chi connectivity index (χ4n) is 2.01. The van der Waals surface area contributed by atoms with Crippen molar-refractivity contribution in [2.45, 2.75) is 77.6 Å². The molecule has 2 nitrogen and oxygen atoms in total. The van der Waals surface area contributed by atoms with Gasteiger partial charge < -0.3 is 10.5 Å². The summed E-state index contributed by atoms with van der Waals surface area (Å²) in [6.45, 7) is 4.92. The molecule has 0 aliphatic rings. The molecule has 0 aromatic heterocycles. The molecule has 0 rings (SSSR count). The molecular weight excluding hydrogens is 210 g/mol. The van der Waals surface area contributed by atoms with Crippen molar-refractivity contribution in [1.29, 1.82) is 0 Å². The van der Waals surface area contributed by atoms with E-state index in [9.17, 15) is 0 Å². The average Bonchev–Trinajstić information content (AvgIpc) is 2.35. The van der Waals surface area contributed by atoms with Crippen molar-refractivity contribution in [1.82, 2.24) is 0 Å². The van der Waals surface area contributed by atoms with Crippen molar-refractivity contribution in [3.05, 3.63) is 0 Å². The SMILES string of the molecule is CCCOCCCCCCCCCCCCN. The highest BCUT2D eigenvalue weighted by atomic mass is 16.5. The molecule has 0 aliphatic heterocycles. The number of unbranched alkanes of at least 4 members (excludes halogenated alkanes) is 9. The minimum Gasteiger partial charge on any atom is -0.381 e. The summed E-state index contributed by atoms with van der Waals surface area (Å²) in [6, 6.07) is 0. The quantitative estimate of drug-likeness (QED) is 0.462. The Morgan fingerprint density at radius 1 is 0.647 bits per heavy atom. The molecule has 0 heterocycles. The summed E-state index contributed by atoms with van der Waals surface area (Å²) in [6.07, 6.45) is 14.7. The predicted octanol–water partition coefficient (Wildman–Crippen LogP) is 4.27. The van der Waals surface area contributed by atoms with E-state index in [0.29, 0.717) is 0 Å². The summed E-state index contributed by atoms with van der Waals surface area (Å²) in [5, 5.41) is 0. The molecule has 17 heavy (non-hydrogen) atoms. The predicted molar refractivity (Wildman–Crippen MR) is 76.3 cm³/mol. The van der Waals surface area contributed by atoms with Crippen molar-refractivity contribution in [3.8, 4) is 0 Å². The summed E-state index contributed by atoms with van der Waals surface area (Å²) in [5.41, 5.74) is 5.46. The van der Waals surface area contributed by atoms with Gasteiger partial charge in [0, 0.05) is 13.2 Å². The van der Waals surface area contributed by atoms with E-state index in [1.54, 1.807) is 0 Å². The highest BCUT2D eigenvalue weighted by Gasteiger charge is 1.93. The van der Waals surface area contributed by atoms with E-state index in [0.717, 1.165) is 26.2 Å². The van der Waals surface area contributed by atoms with E-state index in [-0.39, 0.29) is 0 Å². The lowest BCUT2D eigenvalue weighted by atomic mass is 10.1.